The number of amides is 1. The number of nitrogens with zero attached hydrogens (tertiary/aromatic N) is 2. The standard InChI is InChI=1S/C23H32FN3O/c1-16-14-20(24)9-8-19(16)15-26-10-12-27(13-11-26)22(23(25)28)21(18-6-7-18)17-4-2-3-5-17/h8-9,14,17-18H,2-7,10-13,15H2,1H3,(H2,25,28)/b22-21-. The van der Waals surface area contributed by atoms with Gasteiger partial charge in [-0.25, -0.2) is 4.39 Å². The molecule has 152 valence electrons. The fourth-order valence-corrected chi connectivity index (χ4v) is 5.04. The Balaban J connectivity index is 1.46. The molecule has 1 saturated heterocycles. The van der Waals surface area contributed by atoms with Crippen molar-refractivity contribution < 1.29 is 9.18 Å². The van der Waals surface area contributed by atoms with Crippen molar-refractivity contribution in [2.45, 2.75) is 52.0 Å². The third-order valence-electron chi connectivity index (χ3n) is 6.71. The van der Waals surface area contributed by atoms with Crippen molar-refractivity contribution in [3.63, 3.8) is 0 Å². The molecule has 1 aromatic rings. The van der Waals surface area contributed by atoms with Crippen LogP contribution < -0.4 is 5.73 Å². The van der Waals surface area contributed by atoms with E-state index in [4.69, 9.17) is 5.73 Å². The third kappa shape index (κ3) is 4.24. The molecule has 4 nitrogen and oxygen atoms in total. The quantitative estimate of drug-likeness (QED) is 0.762. The number of benzene rings is 1. The molecule has 1 heterocycles. The van der Waals surface area contributed by atoms with Gasteiger partial charge in [-0.15, -0.1) is 0 Å². The van der Waals surface area contributed by atoms with Crippen LogP contribution in [0.4, 0.5) is 4.39 Å². The van der Waals surface area contributed by atoms with Gasteiger partial charge in [-0.3, -0.25) is 9.69 Å². The van der Waals surface area contributed by atoms with Crippen molar-refractivity contribution in [3.05, 3.63) is 46.4 Å². The van der Waals surface area contributed by atoms with Crippen LogP contribution in [0, 0.1) is 24.6 Å². The van der Waals surface area contributed by atoms with E-state index in [2.05, 4.69) is 9.80 Å². The average Bonchev–Trinajstić information content (AvgIpc) is 3.36. The lowest BCUT2D eigenvalue weighted by Gasteiger charge is -2.38. The Morgan fingerprint density at radius 3 is 2.29 bits per heavy atom. The van der Waals surface area contributed by atoms with Crippen LogP contribution in [0.5, 0.6) is 0 Å². The topological polar surface area (TPSA) is 49.6 Å². The highest BCUT2D eigenvalue weighted by molar-refractivity contribution is 5.92. The molecule has 0 spiro atoms. The lowest BCUT2D eigenvalue weighted by Crippen LogP contribution is -2.48. The van der Waals surface area contributed by atoms with Crippen LogP contribution in [0.1, 0.15) is 49.7 Å². The normalized spacial score (nSPS) is 22.4. The Hall–Kier alpha value is -1.88. The van der Waals surface area contributed by atoms with E-state index < -0.39 is 0 Å². The number of carbonyl (C=O) groups excluding carboxylic acids is 1. The number of nitrogens with two attached hydrogens (primary N) is 1. The molecule has 1 amide bonds. The van der Waals surface area contributed by atoms with Crippen LogP contribution in [-0.2, 0) is 11.3 Å². The van der Waals surface area contributed by atoms with E-state index in [9.17, 15) is 9.18 Å². The molecule has 0 atom stereocenters. The SMILES string of the molecule is Cc1cc(F)ccc1CN1CCN(/C(C(N)=O)=C(/C2CCCC2)C2CC2)CC1. The van der Waals surface area contributed by atoms with Gasteiger partial charge < -0.3 is 10.6 Å². The van der Waals surface area contributed by atoms with E-state index in [0.717, 1.165) is 44.0 Å². The second kappa shape index (κ2) is 8.24. The van der Waals surface area contributed by atoms with Crippen LogP contribution in [0.15, 0.2) is 29.5 Å². The van der Waals surface area contributed by atoms with E-state index >= 15 is 0 Å². The Kier molecular flexibility index (Phi) is 5.72. The summed E-state index contributed by atoms with van der Waals surface area (Å²) < 4.78 is 13.3. The smallest absolute Gasteiger partial charge is 0.264 e. The van der Waals surface area contributed by atoms with Crippen molar-refractivity contribution in [1.82, 2.24) is 9.80 Å². The fraction of sp³-hybridized carbons (Fsp3) is 0.609. The van der Waals surface area contributed by atoms with Gasteiger partial charge in [-0.2, -0.15) is 0 Å². The summed E-state index contributed by atoms with van der Waals surface area (Å²) in [6, 6.07) is 5.02. The monoisotopic (exact) mass is 385 g/mol. The zero-order chi connectivity index (χ0) is 19.7. The first-order valence-electron chi connectivity index (χ1n) is 10.8. The lowest BCUT2D eigenvalue weighted by atomic mass is 9.90. The average molecular weight is 386 g/mol. The Bertz CT molecular complexity index is 757. The van der Waals surface area contributed by atoms with Crippen LogP contribution >= 0.6 is 0 Å². The maximum atomic E-state index is 13.3. The molecule has 2 saturated carbocycles. The first-order valence-corrected chi connectivity index (χ1v) is 10.8. The lowest BCUT2D eigenvalue weighted by molar-refractivity contribution is -0.116. The van der Waals surface area contributed by atoms with Gasteiger partial charge in [-0.05, 0) is 73.3 Å². The zero-order valence-electron chi connectivity index (χ0n) is 16.9. The molecule has 1 aromatic carbocycles. The van der Waals surface area contributed by atoms with Gasteiger partial charge in [0.2, 0.25) is 0 Å². The Morgan fingerprint density at radius 2 is 1.71 bits per heavy atom. The summed E-state index contributed by atoms with van der Waals surface area (Å²) in [6.07, 6.45) is 7.41. The zero-order valence-corrected chi connectivity index (χ0v) is 16.9. The Morgan fingerprint density at radius 1 is 1.07 bits per heavy atom. The minimum absolute atomic E-state index is 0.179. The molecule has 4 rings (SSSR count). The first kappa shape index (κ1) is 19.4. The summed E-state index contributed by atoms with van der Waals surface area (Å²) in [4.78, 5) is 17.1. The minimum Gasteiger partial charge on any atom is -0.365 e. The summed E-state index contributed by atoms with van der Waals surface area (Å²) >= 11 is 0. The van der Waals surface area contributed by atoms with E-state index in [1.165, 1.54) is 55.7 Å². The number of carbonyl (C=O) groups is 1. The van der Waals surface area contributed by atoms with Gasteiger partial charge in [0.1, 0.15) is 11.5 Å². The molecule has 5 heteroatoms. The number of hydrogen-bond acceptors (Lipinski definition) is 3. The number of hydrogen-bond donors (Lipinski definition) is 1. The van der Waals surface area contributed by atoms with Crippen molar-refractivity contribution >= 4 is 5.91 Å². The van der Waals surface area contributed by atoms with Gasteiger partial charge in [0.15, 0.2) is 0 Å². The van der Waals surface area contributed by atoms with Crippen molar-refractivity contribution in [3.8, 4) is 0 Å². The van der Waals surface area contributed by atoms with E-state index in [-0.39, 0.29) is 11.7 Å². The van der Waals surface area contributed by atoms with Crippen LogP contribution in [0.25, 0.3) is 0 Å². The predicted molar refractivity (Wildman–Crippen MR) is 109 cm³/mol. The molecule has 0 aromatic heterocycles. The molecule has 1 aliphatic heterocycles. The summed E-state index contributed by atoms with van der Waals surface area (Å²) in [5.41, 5.74) is 10.3. The van der Waals surface area contributed by atoms with E-state index in [1.54, 1.807) is 6.07 Å². The van der Waals surface area contributed by atoms with Gasteiger partial charge in [0, 0.05) is 32.7 Å². The molecular weight excluding hydrogens is 353 g/mol. The summed E-state index contributed by atoms with van der Waals surface area (Å²) in [7, 11) is 0. The third-order valence-corrected chi connectivity index (χ3v) is 6.71. The highest BCUT2D eigenvalue weighted by atomic mass is 19.1. The van der Waals surface area contributed by atoms with Crippen molar-refractivity contribution in [2.75, 3.05) is 26.2 Å². The highest BCUT2D eigenvalue weighted by Gasteiger charge is 2.38. The predicted octanol–water partition coefficient (Wildman–Crippen LogP) is 3.59. The van der Waals surface area contributed by atoms with Crippen molar-refractivity contribution in [1.29, 1.82) is 0 Å². The summed E-state index contributed by atoms with van der Waals surface area (Å²) in [5.74, 6) is 0.735. The maximum absolute atomic E-state index is 13.3. The van der Waals surface area contributed by atoms with Gasteiger partial charge in [0.05, 0.1) is 0 Å². The number of piperazine rings is 1. The fourth-order valence-electron chi connectivity index (χ4n) is 5.04. The molecule has 2 aliphatic carbocycles. The molecule has 28 heavy (non-hydrogen) atoms. The molecule has 0 unspecified atom stereocenters. The summed E-state index contributed by atoms with van der Waals surface area (Å²) in [6.45, 7) is 6.26. The molecule has 3 aliphatic rings. The molecule has 3 fully saturated rings. The summed E-state index contributed by atoms with van der Waals surface area (Å²) in [5, 5.41) is 0. The number of halogens is 1. The number of aryl methyl sites for hydroxylation is 1. The molecule has 0 bridgehead atoms. The van der Waals surface area contributed by atoms with Crippen LogP contribution in [0.3, 0.4) is 0 Å². The van der Waals surface area contributed by atoms with Crippen LogP contribution in [0.2, 0.25) is 0 Å². The second-order valence-corrected chi connectivity index (χ2v) is 8.76. The molecule has 0 radical (unpaired) electrons. The number of primary amides is 1. The van der Waals surface area contributed by atoms with E-state index in [0.29, 0.717) is 11.8 Å². The Labute approximate surface area is 167 Å². The maximum Gasteiger partial charge on any atom is 0.264 e. The number of rotatable bonds is 6. The molecular formula is C23H32FN3O. The largest absolute Gasteiger partial charge is 0.365 e. The first-order chi connectivity index (χ1) is 13.5. The second-order valence-electron chi connectivity index (χ2n) is 8.76. The van der Waals surface area contributed by atoms with Crippen LogP contribution in [-0.4, -0.2) is 41.9 Å². The van der Waals surface area contributed by atoms with Crippen molar-refractivity contribution in [2.24, 2.45) is 17.6 Å². The van der Waals surface area contributed by atoms with E-state index in [1.807, 2.05) is 13.0 Å². The van der Waals surface area contributed by atoms with Gasteiger partial charge in [-0.1, -0.05) is 18.9 Å². The minimum atomic E-state index is -0.239. The highest BCUT2D eigenvalue weighted by Crippen LogP contribution is 2.47. The molecule has 2 N–H and O–H groups in total. The van der Waals surface area contributed by atoms with Gasteiger partial charge >= 0.3 is 0 Å². The van der Waals surface area contributed by atoms with Gasteiger partial charge in [0.25, 0.3) is 5.91 Å². The number of allylic oxidation sites excluding steroid dienone is 1.